The maximum absolute atomic E-state index is 12.3. The topological polar surface area (TPSA) is 133 Å². The van der Waals surface area contributed by atoms with Crippen molar-refractivity contribution in [3.05, 3.63) is 32.6 Å². The van der Waals surface area contributed by atoms with Crippen LogP contribution in [0.3, 0.4) is 0 Å². The van der Waals surface area contributed by atoms with Gasteiger partial charge in [0.1, 0.15) is 0 Å². The molecule has 2 rings (SSSR count). The standard InChI is InChI=1S/C12H15N3O6/c1-7-5-14(11(20)13-9(7)17)6-8(16)12(10(18)19)3-2-4-15(12)21/h5,21H,2-4,6H2,1H3,(H,18,19)(H,13,17,20)/t12-/m1/s1. The molecule has 0 aliphatic carbocycles. The average molecular weight is 297 g/mol. The number of hydroxylamine groups is 2. The Labute approximate surface area is 118 Å². The number of carboxylic acid groups (broad SMARTS) is 1. The number of nitrogens with one attached hydrogen (secondary N) is 1. The Kier molecular flexibility index (Phi) is 3.79. The highest BCUT2D eigenvalue weighted by molar-refractivity contribution is 6.07. The number of rotatable bonds is 4. The smallest absolute Gasteiger partial charge is 0.334 e. The van der Waals surface area contributed by atoms with Crippen molar-refractivity contribution >= 4 is 11.8 Å². The van der Waals surface area contributed by atoms with E-state index >= 15 is 0 Å². The van der Waals surface area contributed by atoms with E-state index < -0.39 is 35.1 Å². The average Bonchev–Trinajstić information content (AvgIpc) is 2.78. The molecule has 0 radical (unpaired) electrons. The van der Waals surface area contributed by atoms with Gasteiger partial charge in [0.2, 0.25) is 5.54 Å². The molecule has 114 valence electrons. The number of H-pyrrole nitrogens is 1. The number of ketones is 1. The molecule has 1 aliphatic heterocycles. The van der Waals surface area contributed by atoms with Gasteiger partial charge >= 0.3 is 11.7 Å². The van der Waals surface area contributed by atoms with Crippen molar-refractivity contribution in [1.29, 1.82) is 0 Å². The van der Waals surface area contributed by atoms with Crippen LogP contribution in [-0.2, 0) is 16.1 Å². The highest BCUT2D eigenvalue weighted by Crippen LogP contribution is 2.29. The number of Topliss-reactive ketones (excluding diaryl/α,β-unsaturated/α-hetero) is 1. The molecular weight excluding hydrogens is 282 g/mol. The van der Waals surface area contributed by atoms with Crippen LogP contribution in [0, 0.1) is 6.92 Å². The van der Waals surface area contributed by atoms with Gasteiger partial charge in [-0.25, -0.2) is 9.59 Å². The Morgan fingerprint density at radius 2 is 2.10 bits per heavy atom. The van der Waals surface area contributed by atoms with E-state index in [0.29, 0.717) is 11.5 Å². The molecular formula is C12H15N3O6. The Morgan fingerprint density at radius 3 is 2.62 bits per heavy atom. The van der Waals surface area contributed by atoms with Gasteiger partial charge in [-0.05, 0) is 19.8 Å². The van der Waals surface area contributed by atoms with Crippen molar-refractivity contribution in [2.24, 2.45) is 0 Å². The number of carboxylic acids is 1. The Hall–Kier alpha value is -2.26. The molecule has 9 nitrogen and oxygen atoms in total. The Bertz CT molecular complexity index is 706. The summed E-state index contributed by atoms with van der Waals surface area (Å²) in [5.41, 5.74) is -3.19. The van der Waals surface area contributed by atoms with Gasteiger partial charge in [-0.1, -0.05) is 0 Å². The Balaban J connectivity index is 2.37. The summed E-state index contributed by atoms with van der Waals surface area (Å²) in [4.78, 5) is 48.6. The number of hydrogen-bond donors (Lipinski definition) is 3. The fraction of sp³-hybridized carbons (Fsp3) is 0.500. The quantitative estimate of drug-likeness (QED) is 0.590. The number of aromatic nitrogens is 2. The molecule has 1 aromatic rings. The van der Waals surface area contributed by atoms with Crippen LogP contribution in [0.4, 0.5) is 0 Å². The molecule has 1 saturated heterocycles. The zero-order valence-electron chi connectivity index (χ0n) is 11.3. The second-order valence-corrected chi connectivity index (χ2v) is 5.01. The fourth-order valence-electron chi connectivity index (χ4n) is 2.45. The summed E-state index contributed by atoms with van der Waals surface area (Å²) in [7, 11) is 0. The first-order valence-corrected chi connectivity index (χ1v) is 6.32. The van der Waals surface area contributed by atoms with Gasteiger partial charge in [-0.3, -0.25) is 19.1 Å². The van der Waals surface area contributed by atoms with Crippen LogP contribution >= 0.6 is 0 Å². The number of carbonyl (C=O) groups excluding carboxylic acids is 1. The van der Waals surface area contributed by atoms with Crippen molar-refractivity contribution in [2.45, 2.75) is 31.8 Å². The minimum Gasteiger partial charge on any atom is -0.479 e. The predicted molar refractivity (Wildman–Crippen MR) is 69.2 cm³/mol. The van der Waals surface area contributed by atoms with Gasteiger partial charge in [-0.15, -0.1) is 0 Å². The van der Waals surface area contributed by atoms with Crippen LogP contribution in [0.5, 0.6) is 0 Å². The normalized spacial score (nSPS) is 22.4. The molecule has 1 atom stereocenters. The molecule has 1 aliphatic rings. The van der Waals surface area contributed by atoms with E-state index in [9.17, 15) is 29.5 Å². The number of aromatic amines is 1. The van der Waals surface area contributed by atoms with E-state index in [1.165, 1.54) is 13.1 Å². The van der Waals surface area contributed by atoms with Crippen molar-refractivity contribution < 1.29 is 19.9 Å². The number of aryl methyl sites for hydroxylation is 1. The summed E-state index contributed by atoms with van der Waals surface area (Å²) in [6.07, 6.45) is 1.51. The second-order valence-electron chi connectivity index (χ2n) is 5.01. The van der Waals surface area contributed by atoms with E-state index in [1.807, 2.05) is 4.98 Å². The van der Waals surface area contributed by atoms with Crippen molar-refractivity contribution in [3.8, 4) is 0 Å². The molecule has 2 heterocycles. The van der Waals surface area contributed by atoms with Crippen LogP contribution in [0.15, 0.2) is 15.8 Å². The summed E-state index contributed by atoms with van der Waals surface area (Å²) >= 11 is 0. The third-order valence-corrected chi connectivity index (χ3v) is 3.67. The van der Waals surface area contributed by atoms with E-state index in [-0.39, 0.29) is 18.5 Å². The largest absolute Gasteiger partial charge is 0.479 e. The van der Waals surface area contributed by atoms with Crippen LogP contribution < -0.4 is 11.2 Å². The summed E-state index contributed by atoms with van der Waals surface area (Å²) in [5.74, 6) is -2.27. The summed E-state index contributed by atoms with van der Waals surface area (Å²) in [5, 5.41) is 19.5. The van der Waals surface area contributed by atoms with Gasteiger partial charge < -0.3 is 10.3 Å². The molecule has 1 fully saturated rings. The molecule has 9 heteroatoms. The van der Waals surface area contributed by atoms with Crippen LogP contribution in [0.2, 0.25) is 0 Å². The van der Waals surface area contributed by atoms with Gasteiger partial charge in [0.25, 0.3) is 5.56 Å². The van der Waals surface area contributed by atoms with Crippen molar-refractivity contribution in [1.82, 2.24) is 14.6 Å². The highest BCUT2D eigenvalue weighted by Gasteiger charge is 2.53. The van der Waals surface area contributed by atoms with Crippen molar-refractivity contribution in [3.63, 3.8) is 0 Å². The lowest BCUT2D eigenvalue weighted by molar-refractivity contribution is -0.188. The van der Waals surface area contributed by atoms with Crippen molar-refractivity contribution in [2.75, 3.05) is 6.54 Å². The number of nitrogens with zero attached hydrogens (tertiary/aromatic N) is 2. The maximum Gasteiger partial charge on any atom is 0.334 e. The van der Waals surface area contributed by atoms with Gasteiger partial charge in [0.15, 0.2) is 5.78 Å². The number of aliphatic carboxylic acids is 1. The summed E-state index contributed by atoms with van der Waals surface area (Å²) in [6.45, 7) is 0.984. The SMILES string of the molecule is Cc1cn(CC(=O)[C@@]2(C(=O)O)CCCN2O)c(=O)[nH]c1=O. The lowest BCUT2D eigenvalue weighted by Gasteiger charge is -2.28. The second kappa shape index (κ2) is 5.26. The fourth-order valence-corrected chi connectivity index (χ4v) is 2.45. The summed E-state index contributed by atoms with van der Waals surface area (Å²) < 4.78 is 0.927. The zero-order valence-corrected chi connectivity index (χ0v) is 11.3. The molecule has 1 aromatic heterocycles. The number of hydrogen-bond acceptors (Lipinski definition) is 6. The summed E-state index contributed by atoms with van der Waals surface area (Å²) in [6, 6.07) is 0. The monoisotopic (exact) mass is 297 g/mol. The first-order valence-electron chi connectivity index (χ1n) is 6.32. The van der Waals surface area contributed by atoms with E-state index in [1.54, 1.807) is 0 Å². The third-order valence-electron chi connectivity index (χ3n) is 3.67. The first-order chi connectivity index (χ1) is 9.79. The van der Waals surface area contributed by atoms with E-state index in [0.717, 1.165) is 4.57 Å². The molecule has 0 spiro atoms. The van der Waals surface area contributed by atoms with E-state index in [2.05, 4.69) is 0 Å². The molecule has 0 amide bonds. The van der Waals surface area contributed by atoms with Crippen LogP contribution in [0.25, 0.3) is 0 Å². The molecule has 21 heavy (non-hydrogen) atoms. The van der Waals surface area contributed by atoms with E-state index in [4.69, 9.17) is 0 Å². The lowest BCUT2D eigenvalue weighted by atomic mass is 9.91. The van der Waals surface area contributed by atoms with Gasteiger partial charge in [0, 0.05) is 18.3 Å². The maximum atomic E-state index is 12.3. The zero-order chi connectivity index (χ0) is 15.8. The third kappa shape index (κ3) is 2.41. The molecule has 0 bridgehead atoms. The molecule has 0 saturated carbocycles. The van der Waals surface area contributed by atoms with Crippen LogP contribution in [0.1, 0.15) is 18.4 Å². The number of carbonyl (C=O) groups is 2. The van der Waals surface area contributed by atoms with Gasteiger partial charge in [-0.2, -0.15) is 5.06 Å². The highest BCUT2D eigenvalue weighted by atomic mass is 16.5. The lowest BCUT2D eigenvalue weighted by Crippen LogP contribution is -2.56. The predicted octanol–water partition coefficient (Wildman–Crippen LogP) is -1.28. The Morgan fingerprint density at radius 1 is 1.43 bits per heavy atom. The molecule has 3 N–H and O–H groups in total. The minimum atomic E-state index is -2.04. The molecule has 0 aromatic carbocycles. The first kappa shape index (κ1) is 15.1. The van der Waals surface area contributed by atoms with Gasteiger partial charge in [0.05, 0.1) is 6.54 Å². The molecule has 0 unspecified atom stereocenters. The minimum absolute atomic E-state index is 0.0330. The van der Waals surface area contributed by atoms with Crippen LogP contribution in [-0.4, -0.2) is 48.8 Å².